The summed E-state index contributed by atoms with van der Waals surface area (Å²) >= 11 is 3.40. The van der Waals surface area contributed by atoms with Gasteiger partial charge in [0.1, 0.15) is 0 Å². The summed E-state index contributed by atoms with van der Waals surface area (Å²) in [5, 5.41) is 14.1. The summed E-state index contributed by atoms with van der Waals surface area (Å²) in [6.45, 7) is 1.99. The van der Waals surface area contributed by atoms with Crippen LogP contribution in [0.1, 0.15) is 11.1 Å². The van der Waals surface area contributed by atoms with Crippen LogP contribution in [0.2, 0.25) is 0 Å². The maximum atomic E-state index is 12.1. The van der Waals surface area contributed by atoms with Gasteiger partial charge in [-0.1, -0.05) is 40.2 Å². The molecular formula is C19H17BrN4O. The van der Waals surface area contributed by atoms with E-state index in [1.165, 1.54) is 0 Å². The first-order valence-electron chi connectivity index (χ1n) is 7.81. The van der Waals surface area contributed by atoms with Gasteiger partial charge in [-0.3, -0.25) is 4.79 Å². The summed E-state index contributed by atoms with van der Waals surface area (Å²) in [7, 11) is 0. The Morgan fingerprint density at radius 3 is 2.32 bits per heavy atom. The molecule has 6 heteroatoms. The molecular weight excluding hydrogens is 380 g/mol. The number of nitrogens with one attached hydrogen (secondary N) is 2. The van der Waals surface area contributed by atoms with Crippen molar-refractivity contribution in [1.29, 1.82) is 0 Å². The summed E-state index contributed by atoms with van der Waals surface area (Å²) in [4.78, 5) is 12.1. The summed E-state index contributed by atoms with van der Waals surface area (Å²) in [5.41, 5.74) is 3.01. The second kappa shape index (κ2) is 7.90. The van der Waals surface area contributed by atoms with E-state index in [9.17, 15) is 4.79 Å². The molecule has 3 aromatic rings. The number of rotatable bonds is 5. The van der Waals surface area contributed by atoms with Crippen LogP contribution in [0, 0.1) is 6.92 Å². The van der Waals surface area contributed by atoms with Gasteiger partial charge in [-0.2, -0.15) is 0 Å². The van der Waals surface area contributed by atoms with Crippen LogP contribution in [-0.4, -0.2) is 16.1 Å². The van der Waals surface area contributed by atoms with Crippen LogP contribution in [0.25, 0.3) is 0 Å². The van der Waals surface area contributed by atoms with E-state index in [4.69, 9.17) is 0 Å². The van der Waals surface area contributed by atoms with Crippen LogP contribution >= 0.6 is 15.9 Å². The number of aryl methyl sites for hydroxylation is 1. The maximum absolute atomic E-state index is 12.1. The van der Waals surface area contributed by atoms with E-state index in [2.05, 4.69) is 36.8 Å². The molecule has 0 fully saturated rings. The standard InChI is InChI=1S/C19H17BrN4O/c1-13-4-2-3-5-14(13)12-19(25)22-18-11-10-17(23-24-18)21-16-8-6-15(20)7-9-16/h2-11H,12H2,1H3,(H,21,23)(H,22,24,25). The highest BCUT2D eigenvalue weighted by Gasteiger charge is 2.07. The van der Waals surface area contributed by atoms with Crippen molar-refractivity contribution in [3.63, 3.8) is 0 Å². The van der Waals surface area contributed by atoms with Crippen LogP contribution in [-0.2, 0) is 11.2 Å². The summed E-state index contributed by atoms with van der Waals surface area (Å²) < 4.78 is 1.01. The van der Waals surface area contributed by atoms with Gasteiger partial charge in [0, 0.05) is 10.2 Å². The normalized spacial score (nSPS) is 10.3. The molecule has 0 aliphatic rings. The number of carbonyl (C=O) groups excluding carboxylic acids is 1. The van der Waals surface area contributed by atoms with Gasteiger partial charge >= 0.3 is 0 Å². The monoisotopic (exact) mass is 396 g/mol. The molecule has 0 unspecified atom stereocenters. The molecule has 1 amide bonds. The number of benzene rings is 2. The molecule has 0 spiro atoms. The number of nitrogens with zero attached hydrogens (tertiary/aromatic N) is 2. The third-order valence-electron chi connectivity index (χ3n) is 3.66. The molecule has 0 saturated carbocycles. The Balaban J connectivity index is 1.59. The molecule has 2 aromatic carbocycles. The topological polar surface area (TPSA) is 66.9 Å². The fourth-order valence-electron chi connectivity index (χ4n) is 2.32. The first-order valence-corrected chi connectivity index (χ1v) is 8.60. The fraction of sp³-hybridized carbons (Fsp3) is 0.105. The molecule has 126 valence electrons. The van der Waals surface area contributed by atoms with Crippen LogP contribution in [0.15, 0.2) is 65.1 Å². The zero-order valence-electron chi connectivity index (χ0n) is 13.7. The first-order chi connectivity index (χ1) is 12.1. The third kappa shape index (κ3) is 4.87. The Labute approximate surface area is 154 Å². The van der Waals surface area contributed by atoms with Crippen molar-refractivity contribution in [2.75, 3.05) is 10.6 Å². The lowest BCUT2D eigenvalue weighted by atomic mass is 10.1. The molecule has 2 N–H and O–H groups in total. The second-order valence-electron chi connectivity index (χ2n) is 5.59. The van der Waals surface area contributed by atoms with Gasteiger partial charge in [-0.15, -0.1) is 10.2 Å². The third-order valence-corrected chi connectivity index (χ3v) is 4.19. The Bertz CT molecular complexity index is 863. The van der Waals surface area contributed by atoms with Gasteiger partial charge < -0.3 is 10.6 Å². The quantitative estimate of drug-likeness (QED) is 0.667. The van der Waals surface area contributed by atoms with E-state index in [-0.39, 0.29) is 5.91 Å². The van der Waals surface area contributed by atoms with Gasteiger partial charge in [0.15, 0.2) is 11.6 Å². The zero-order chi connectivity index (χ0) is 17.6. The van der Waals surface area contributed by atoms with E-state index in [0.29, 0.717) is 18.1 Å². The van der Waals surface area contributed by atoms with E-state index >= 15 is 0 Å². The molecule has 0 atom stereocenters. The molecule has 1 heterocycles. The largest absolute Gasteiger partial charge is 0.339 e. The second-order valence-corrected chi connectivity index (χ2v) is 6.50. The molecule has 0 aliphatic heterocycles. The highest BCUT2D eigenvalue weighted by molar-refractivity contribution is 9.10. The Morgan fingerprint density at radius 1 is 0.960 bits per heavy atom. The maximum Gasteiger partial charge on any atom is 0.230 e. The van der Waals surface area contributed by atoms with E-state index in [0.717, 1.165) is 21.3 Å². The van der Waals surface area contributed by atoms with Crippen LogP contribution in [0.5, 0.6) is 0 Å². The first kappa shape index (κ1) is 17.1. The van der Waals surface area contributed by atoms with Gasteiger partial charge in [0.2, 0.25) is 5.91 Å². The van der Waals surface area contributed by atoms with Crippen molar-refractivity contribution in [2.45, 2.75) is 13.3 Å². The fourth-order valence-corrected chi connectivity index (χ4v) is 2.58. The van der Waals surface area contributed by atoms with Crippen molar-refractivity contribution < 1.29 is 4.79 Å². The number of hydrogen-bond donors (Lipinski definition) is 2. The highest BCUT2D eigenvalue weighted by atomic mass is 79.9. The van der Waals surface area contributed by atoms with Gasteiger partial charge in [0.05, 0.1) is 6.42 Å². The summed E-state index contributed by atoms with van der Waals surface area (Å²) in [5.74, 6) is 0.927. The van der Waals surface area contributed by atoms with Crippen molar-refractivity contribution >= 4 is 39.2 Å². The van der Waals surface area contributed by atoms with Crippen molar-refractivity contribution in [3.8, 4) is 0 Å². The number of hydrogen-bond acceptors (Lipinski definition) is 4. The van der Waals surface area contributed by atoms with E-state index < -0.39 is 0 Å². The molecule has 0 bridgehead atoms. The van der Waals surface area contributed by atoms with Crippen molar-refractivity contribution in [1.82, 2.24) is 10.2 Å². The van der Waals surface area contributed by atoms with Gasteiger partial charge in [-0.05, 0) is 54.4 Å². The smallest absolute Gasteiger partial charge is 0.230 e. The minimum atomic E-state index is -0.114. The predicted molar refractivity (Wildman–Crippen MR) is 103 cm³/mol. The van der Waals surface area contributed by atoms with Crippen LogP contribution in [0.3, 0.4) is 0 Å². The molecule has 1 aromatic heterocycles. The van der Waals surface area contributed by atoms with Gasteiger partial charge in [0.25, 0.3) is 0 Å². The predicted octanol–water partition coefficient (Wildman–Crippen LogP) is 4.47. The molecule has 25 heavy (non-hydrogen) atoms. The molecule has 0 saturated heterocycles. The van der Waals surface area contributed by atoms with E-state index in [1.54, 1.807) is 12.1 Å². The summed E-state index contributed by atoms with van der Waals surface area (Å²) in [6.07, 6.45) is 0.313. The number of anilines is 3. The van der Waals surface area contributed by atoms with Crippen molar-refractivity contribution in [3.05, 3.63) is 76.3 Å². The number of halogens is 1. The molecule has 5 nitrogen and oxygen atoms in total. The Hall–Kier alpha value is -2.73. The van der Waals surface area contributed by atoms with Crippen LogP contribution in [0.4, 0.5) is 17.3 Å². The molecule has 0 radical (unpaired) electrons. The summed E-state index contributed by atoms with van der Waals surface area (Å²) in [6, 6.07) is 19.1. The van der Waals surface area contributed by atoms with Crippen LogP contribution < -0.4 is 10.6 Å². The number of amides is 1. The minimum absolute atomic E-state index is 0.114. The lowest BCUT2D eigenvalue weighted by molar-refractivity contribution is -0.115. The zero-order valence-corrected chi connectivity index (χ0v) is 15.2. The SMILES string of the molecule is Cc1ccccc1CC(=O)Nc1ccc(Nc2ccc(Br)cc2)nn1. The van der Waals surface area contributed by atoms with Crippen molar-refractivity contribution in [2.24, 2.45) is 0 Å². The Morgan fingerprint density at radius 2 is 1.64 bits per heavy atom. The molecule has 3 rings (SSSR count). The number of aromatic nitrogens is 2. The number of carbonyl (C=O) groups is 1. The highest BCUT2D eigenvalue weighted by Crippen LogP contribution is 2.18. The average molecular weight is 397 g/mol. The minimum Gasteiger partial charge on any atom is -0.339 e. The Kier molecular flexibility index (Phi) is 5.40. The lowest BCUT2D eigenvalue weighted by Gasteiger charge is -2.08. The molecule has 0 aliphatic carbocycles. The van der Waals surface area contributed by atoms with E-state index in [1.807, 2.05) is 55.5 Å². The average Bonchev–Trinajstić information content (AvgIpc) is 2.61. The lowest BCUT2D eigenvalue weighted by Crippen LogP contribution is -2.16. The van der Waals surface area contributed by atoms with Gasteiger partial charge in [-0.25, -0.2) is 0 Å².